The van der Waals surface area contributed by atoms with E-state index < -0.39 is 4.92 Å². The Labute approximate surface area is 108 Å². The smallest absolute Gasteiger partial charge is 0.307 e. The molecule has 9 heteroatoms. The molecular formula is C10H14N6O3. The molecule has 0 radical (unpaired) electrons. The van der Waals surface area contributed by atoms with Gasteiger partial charge in [-0.3, -0.25) is 14.8 Å². The van der Waals surface area contributed by atoms with Crippen molar-refractivity contribution in [3.8, 4) is 0 Å². The van der Waals surface area contributed by atoms with Crippen molar-refractivity contribution in [3.63, 3.8) is 0 Å². The lowest BCUT2D eigenvalue weighted by Crippen LogP contribution is -2.24. The van der Waals surface area contributed by atoms with E-state index in [0.717, 1.165) is 0 Å². The maximum atomic E-state index is 10.5. The van der Waals surface area contributed by atoms with Crippen molar-refractivity contribution < 1.29 is 9.45 Å². The van der Waals surface area contributed by atoms with Crippen LogP contribution in [0.25, 0.3) is 0 Å². The molecule has 1 N–H and O–H groups in total. The molecule has 0 aliphatic heterocycles. The fourth-order valence-electron chi connectivity index (χ4n) is 1.49. The summed E-state index contributed by atoms with van der Waals surface area (Å²) in [6.07, 6.45) is 3.15. The second-order valence-electron chi connectivity index (χ2n) is 4.15. The van der Waals surface area contributed by atoms with Gasteiger partial charge in [0.15, 0.2) is 5.82 Å². The zero-order valence-electron chi connectivity index (χ0n) is 10.6. The van der Waals surface area contributed by atoms with Crippen LogP contribution in [0.5, 0.6) is 0 Å². The molecule has 19 heavy (non-hydrogen) atoms. The van der Waals surface area contributed by atoms with Gasteiger partial charge in [-0.2, -0.15) is 10.1 Å². The first-order valence-electron chi connectivity index (χ1n) is 5.74. The summed E-state index contributed by atoms with van der Waals surface area (Å²) in [6.45, 7) is 2.22. The summed E-state index contributed by atoms with van der Waals surface area (Å²) in [5.41, 5.74) is -0.0662. The van der Waals surface area contributed by atoms with Crippen LogP contribution in [0.4, 0.5) is 5.69 Å². The first-order valence-corrected chi connectivity index (χ1v) is 5.74. The van der Waals surface area contributed by atoms with Crippen molar-refractivity contribution in [3.05, 3.63) is 34.2 Å². The highest BCUT2D eigenvalue weighted by molar-refractivity contribution is 5.20. The average molecular weight is 266 g/mol. The fraction of sp³-hybridized carbons (Fsp3) is 0.500. The molecule has 9 nitrogen and oxygen atoms in total. The van der Waals surface area contributed by atoms with Gasteiger partial charge in [-0.1, -0.05) is 5.16 Å². The van der Waals surface area contributed by atoms with Crippen molar-refractivity contribution >= 4 is 5.69 Å². The third-order valence-electron chi connectivity index (χ3n) is 2.62. The van der Waals surface area contributed by atoms with Crippen LogP contribution in [-0.4, -0.2) is 37.9 Å². The Balaban J connectivity index is 2.00. The maximum Gasteiger partial charge on any atom is 0.307 e. The van der Waals surface area contributed by atoms with Crippen molar-refractivity contribution in [2.24, 2.45) is 0 Å². The second kappa shape index (κ2) is 5.57. The van der Waals surface area contributed by atoms with Gasteiger partial charge in [-0.15, -0.1) is 0 Å². The van der Waals surface area contributed by atoms with Crippen LogP contribution in [-0.2, 0) is 13.0 Å². The second-order valence-corrected chi connectivity index (χ2v) is 4.15. The summed E-state index contributed by atoms with van der Waals surface area (Å²) in [5, 5.41) is 21.3. The van der Waals surface area contributed by atoms with E-state index >= 15 is 0 Å². The lowest BCUT2D eigenvalue weighted by atomic mass is 10.2. The van der Waals surface area contributed by atoms with Gasteiger partial charge < -0.3 is 9.84 Å². The monoisotopic (exact) mass is 266 g/mol. The molecule has 1 atom stereocenters. The lowest BCUT2D eigenvalue weighted by molar-refractivity contribution is -0.385. The molecule has 2 aromatic rings. The Morgan fingerprint density at radius 2 is 2.42 bits per heavy atom. The SMILES string of the molecule is CNC(C)Cc1noc(Cn2cc([N+](=O)[O-])cn2)n1. The molecule has 0 fully saturated rings. The zero-order valence-corrected chi connectivity index (χ0v) is 10.6. The van der Waals surface area contributed by atoms with E-state index in [1.165, 1.54) is 17.1 Å². The van der Waals surface area contributed by atoms with Crippen LogP contribution in [0, 0.1) is 10.1 Å². The number of aromatic nitrogens is 4. The Hall–Kier alpha value is -2.29. The number of nitrogens with zero attached hydrogens (tertiary/aromatic N) is 5. The molecule has 0 saturated heterocycles. The molecule has 1 unspecified atom stereocenters. The number of nitrogens with one attached hydrogen (secondary N) is 1. The summed E-state index contributed by atoms with van der Waals surface area (Å²) < 4.78 is 6.45. The van der Waals surface area contributed by atoms with E-state index in [-0.39, 0.29) is 18.3 Å². The molecule has 0 bridgehead atoms. The predicted molar refractivity (Wildman–Crippen MR) is 64.5 cm³/mol. The third-order valence-corrected chi connectivity index (χ3v) is 2.62. The van der Waals surface area contributed by atoms with Crippen LogP contribution in [0.3, 0.4) is 0 Å². The minimum Gasteiger partial charge on any atom is -0.337 e. The molecule has 0 aliphatic carbocycles. The molecule has 0 saturated carbocycles. The standard InChI is InChI=1S/C10H14N6O3/c1-7(11-2)3-9-13-10(19-14-9)6-15-5-8(4-12-15)16(17)18/h4-5,7,11H,3,6H2,1-2H3. The molecule has 0 aromatic carbocycles. The van der Waals surface area contributed by atoms with Crippen LogP contribution in [0.2, 0.25) is 0 Å². The van der Waals surface area contributed by atoms with Crippen molar-refractivity contribution in [2.45, 2.75) is 25.9 Å². The number of rotatable bonds is 6. The number of likely N-dealkylation sites (N-methyl/N-ethyl adjacent to an activating group) is 1. The van der Waals surface area contributed by atoms with Gasteiger partial charge in [-0.25, -0.2) is 0 Å². The van der Waals surface area contributed by atoms with Crippen LogP contribution >= 0.6 is 0 Å². The summed E-state index contributed by atoms with van der Waals surface area (Å²) in [4.78, 5) is 14.2. The van der Waals surface area contributed by atoms with E-state index in [4.69, 9.17) is 4.52 Å². The predicted octanol–water partition coefficient (Wildman–Crippen LogP) is 0.373. The van der Waals surface area contributed by atoms with Gasteiger partial charge in [0, 0.05) is 12.5 Å². The summed E-state index contributed by atoms with van der Waals surface area (Å²) in [6, 6.07) is 0.247. The normalized spacial score (nSPS) is 12.5. The first kappa shape index (κ1) is 13.1. The molecule has 2 rings (SSSR count). The van der Waals surface area contributed by atoms with Crippen LogP contribution in [0.15, 0.2) is 16.9 Å². The maximum absolute atomic E-state index is 10.5. The number of hydrogen-bond acceptors (Lipinski definition) is 7. The fourth-order valence-corrected chi connectivity index (χ4v) is 1.49. The first-order chi connectivity index (χ1) is 9.08. The Morgan fingerprint density at radius 1 is 1.63 bits per heavy atom. The van der Waals surface area contributed by atoms with Gasteiger partial charge in [0.05, 0.1) is 4.92 Å². The minimum absolute atomic E-state index is 0.0662. The van der Waals surface area contributed by atoms with Gasteiger partial charge >= 0.3 is 5.69 Å². The molecule has 2 aromatic heterocycles. The van der Waals surface area contributed by atoms with Crippen LogP contribution < -0.4 is 5.32 Å². The minimum atomic E-state index is -0.503. The topological polar surface area (TPSA) is 112 Å². The highest BCUT2D eigenvalue weighted by Crippen LogP contribution is 2.09. The van der Waals surface area contributed by atoms with E-state index in [9.17, 15) is 10.1 Å². The number of hydrogen-bond donors (Lipinski definition) is 1. The van der Waals surface area contributed by atoms with E-state index in [1.807, 2.05) is 14.0 Å². The molecular weight excluding hydrogens is 252 g/mol. The van der Waals surface area contributed by atoms with Gasteiger partial charge in [-0.05, 0) is 14.0 Å². The van der Waals surface area contributed by atoms with Crippen molar-refractivity contribution in [1.82, 2.24) is 25.2 Å². The summed E-state index contributed by atoms with van der Waals surface area (Å²) in [5.74, 6) is 0.967. The largest absolute Gasteiger partial charge is 0.337 e. The van der Waals surface area contributed by atoms with Gasteiger partial charge in [0.2, 0.25) is 5.89 Å². The zero-order chi connectivity index (χ0) is 13.8. The summed E-state index contributed by atoms with van der Waals surface area (Å²) in [7, 11) is 1.86. The number of nitro groups is 1. The van der Waals surface area contributed by atoms with Crippen molar-refractivity contribution in [1.29, 1.82) is 0 Å². The summed E-state index contributed by atoms with van der Waals surface area (Å²) >= 11 is 0. The highest BCUT2D eigenvalue weighted by atomic mass is 16.6. The van der Waals surface area contributed by atoms with Gasteiger partial charge in [0.1, 0.15) is 18.9 Å². The molecule has 102 valence electrons. The molecule has 0 amide bonds. The Kier molecular flexibility index (Phi) is 3.85. The van der Waals surface area contributed by atoms with E-state index in [0.29, 0.717) is 18.1 Å². The quantitative estimate of drug-likeness (QED) is 0.593. The van der Waals surface area contributed by atoms with Gasteiger partial charge in [0.25, 0.3) is 0 Å². The molecule has 2 heterocycles. The average Bonchev–Trinajstić information content (AvgIpc) is 2.99. The van der Waals surface area contributed by atoms with E-state index in [2.05, 4.69) is 20.6 Å². The van der Waals surface area contributed by atoms with Crippen molar-refractivity contribution in [2.75, 3.05) is 7.05 Å². The van der Waals surface area contributed by atoms with E-state index in [1.54, 1.807) is 0 Å². The lowest BCUT2D eigenvalue weighted by Gasteiger charge is -2.04. The highest BCUT2D eigenvalue weighted by Gasteiger charge is 2.13. The van der Waals surface area contributed by atoms with Crippen LogP contribution in [0.1, 0.15) is 18.6 Å². The Morgan fingerprint density at radius 3 is 3.05 bits per heavy atom. The third kappa shape index (κ3) is 3.35. The Bertz CT molecular complexity index is 563. The molecule has 0 aliphatic rings. The molecule has 0 spiro atoms.